The van der Waals surface area contributed by atoms with E-state index in [1.54, 1.807) is 15.5 Å². The molecule has 3 N–H and O–H groups in total. The highest BCUT2D eigenvalue weighted by atomic mass is 32.1. The third-order valence-electron chi connectivity index (χ3n) is 8.92. The van der Waals surface area contributed by atoms with Crippen LogP contribution in [0.3, 0.4) is 0 Å². The molecule has 0 radical (unpaired) electrons. The highest BCUT2D eigenvalue weighted by molar-refractivity contribution is 7.14. The van der Waals surface area contributed by atoms with Crippen molar-refractivity contribution < 1.29 is 14.7 Å². The van der Waals surface area contributed by atoms with E-state index in [-0.39, 0.29) is 23.9 Å². The largest absolute Gasteiger partial charge is 0.388 e. The van der Waals surface area contributed by atoms with Gasteiger partial charge in [0.2, 0.25) is 23.6 Å². The van der Waals surface area contributed by atoms with Crippen molar-refractivity contribution in [3.8, 4) is 0 Å². The molecule has 0 spiro atoms. The molecule has 2 fully saturated rings. The first-order chi connectivity index (χ1) is 21.3. The second-order valence-corrected chi connectivity index (χ2v) is 13.1. The van der Waals surface area contributed by atoms with Crippen LogP contribution in [0.5, 0.6) is 0 Å². The second-order valence-electron chi connectivity index (χ2n) is 12.0. The molecule has 13 heteroatoms. The third-order valence-corrected chi connectivity index (χ3v) is 10.1. The number of piperazine rings is 1. The van der Waals surface area contributed by atoms with Gasteiger partial charge in [-0.1, -0.05) is 12.1 Å². The molecule has 12 nitrogen and oxygen atoms in total. The van der Waals surface area contributed by atoms with Gasteiger partial charge in [-0.15, -0.1) is 11.3 Å². The number of aromatic nitrogens is 4. The number of fused-ring (bicyclic) bond motifs is 2. The number of benzene rings is 1. The number of piperidine rings is 1. The SMILES string of the molecule is CN1CCN(C)C(c2ccc(Nc3nc(N4CCC[C@H](NC(=O)c5cc6c(s5)CCCC6O)C4)nc4nccn34)cc2)C1=O. The molecule has 2 saturated heterocycles. The number of hydrogen-bond donors (Lipinski definition) is 3. The zero-order chi connectivity index (χ0) is 30.4. The number of aryl methyl sites for hydroxylation is 1. The van der Waals surface area contributed by atoms with Crippen LogP contribution < -0.4 is 15.5 Å². The van der Waals surface area contributed by atoms with Crippen molar-refractivity contribution >= 4 is 46.5 Å². The molecule has 1 aliphatic carbocycles. The molecule has 4 aromatic rings. The normalized spacial score (nSPS) is 22.7. The standard InChI is InChI=1S/C31H37N9O3S/c1-37-15-16-38(2)28(43)26(37)19-8-10-20(11-9-19)34-31-36-30(35-29-32-12-14-40(29)31)39-13-4-5-21(18-39)33-27(42)25-17-22-23(41)6-3-7-24(22)44-25/h8-12,14,17,21,23,26,41H,3-7,13,15-16,18H2,1-2H3,(H,33,42)(H,32,34,35,36)/t21-,23?,26?/m0/s1. The lowest BCUT2D eigenvalue weighted by atomic mass is 9.96. The summed E-state index contributed by atoms with van der Waals surface area (Å²) in [5.41, 5.74) is 2.70. The van der Waals surface area contributed by atoms with E-state index in [2.05, 4.69) is 25.4 Å². The van der Waals surface area contributed by atoms with Crippen LogP contribution in [-0.4, -0.2) is 92.4 Å². The van der Waals surface area contributed by atoms with Gasteiger partial charge in [-0.2, -0.15) is 9.97 Å². The topological polar surface area (TPSA) is 131 Å². The van der Waals surface area contributed by atoms with Gasteiger partial charge in [-0.3, -0.25) is 18.9 Å². The van der Waals surface area contributed by atoms with E-state index in [4.69, 9.17) is 9.97 Å². The van der Waals surface area contributed by atoms with Gasteiger partial charge in [0.15, 0.2) is 0 Å². The number of amides is 2. The summed E-state index contributed by atoms with van der Waals surface area (Å²) < 4.78 is 1.81. The fraction of sp³-hybridized carbons (Fsp3) is 0.452. The summed E-state index contributed by atoms with van der Waals surface area (Å²) in [6.07, 6.45) is 7.43. The quantitative estimate of drug-likeness (QED) is 0.299. The molecule has 2 aliphatic heterocycles. The van der Waals surface area contributed by atoms with E-state index in [1.165, 1.54) is 11.3 Å². The number of thiophene rings is 1. The summed E-state index contributed by atoms with van der Waals surface area (Å²) in [5, 5.41) is 17.0. The number of nitrogens with one attached hydrogen (secondary N) is 2. The maximum absolute atomic E-state index is 13.2. The van der Waals surface area contributed by atoms with Crippen molar-refractivity contribution in [3.63, 3.8) is 0 Å². The van der Waals surface area contributed by atoms with Gasteiger partial charge in [-0.05, 0) is 68.5 Å². The Balaban J connectivity index is 1.07. The second kappa shape index (κ2) is 11.8. The molecule has 2 unspecified atom stereocenters. The molecule has 3 atom stereocenters. The average molecular weight is 616 g/mol. The van der Waals surface area contributed by atoms with Crippen molar-refractivity contribution in [2.24, 2.45) is 0 Å². The summed E-state index contributed by atoms with van der Waals surface area (Å²) in [5.74, 6) is 1.67. The van der Waals surface area contributed by atoms with E-state index in [0.717, 1.165) is 73.4 Å². The number of aliphatic hydroxyl groups excluding tert-OH is 1. The number of nitrogens with zero attached hydrogens (tertiary/aromatic N) is 7. The van der Waals surface area contributed by atoms with Crippen LogP contribution in [0.1, 0.15) is 63.5 Å². The first-order valence-corrected chi connectivity index (χ1v) is 16.1. The van der Waals surface area contributed by atoms with Crippen LogP contribution in [0.25, 0.3) is 5.78 Å². The Morgan fingerprint density at radius 3 is 2.73 bits per heavy atom. The highest BCUT2D eigenvalue weighted by Crippen LogP contribution is 2.36. The van der Waals surface area contributed by atoms with Crippen LogP contribution in [0.2, 0.25) is 0 Å². The Bertz CT molecular complexity index is 1690. The predicted molar refractivity (Wildman–Crippen MR) is 168 cm³/mol. The van der Waals surface area contributed by atoms with E-state index in [1.807, 2.05) is 50.6 Å². The lowest BCUT2D eigenvalue weighted by Gasteiger charge is -2.37. The van der Waals surface area contributed by atoms with Crippen LogP contribution in [0.4, 0.5) is 17.6 Å². The van der Waals surface area contributed by atoms with Crippen LogP contribution >= 0.6 is 11.3 Å². The minimum absolute atomic E-state index is 0.0523. The number of carbonyl (C=O) groups is 2. The molecule has 5 heterocycles. The van der Waals surface area contributed by atoms with Crippen molar-refractivity contribution in [2.45, 2.75) is 50.3 Å². The molecule has 7 rings (SSSR count). The number of likely N-dealkylation sites (N-methyl/N-ethyl adjacent to an activating group) is 2. The van der Waals surface area contributed by atoms with Crippen LogP contribution in [0, 0.1) is 0 Å². The minimum atomic E-state index is -0.470. The molecule has 44 heavy (non-hydrogen) atoms. The third kappa shape index (κ3) is 5.51. The summed E-state index contributed by atoms with van der Waals surface area (Å²) in [6, 6.07) is 9.41. The van der Waals surface area contributed by atoms with Gasteiger partial charge in [-0.25, -0.2) is 4.98 Å². The summed E-state index contributed by atoms with van der Waals surface area (Å²) in [7, 11) is 3.83. The zero-order valence-corrected chi connectivity index (χ0v) is 25.8. The Hall–Kier alpha value is -4.07. The molecule has 3 aliphatic rings. The highest BCUT2D eigenvalue weighted by Gasteiger charge is 2.32. The number of aliphatic hydroxyl groups is 1. The molecular formula is C31H37N9O3S. The zero-order valence-electron chi connectivity index (χ0n) is 24.9. The molecular weight excluding hydrogens is 578 g/mol. The molecule has 3 aromatic heterocycles. The number of carbonyl (C=O) groups excluding carboxylic acids is 2. The minimum Gasteiger partial charge on any atom is -0.388 e. The van der Waals surface area contributed by atoms with Gasteiger partial charge in [0, 0.05) is 62.2 Å². The van der Waals surface area contributed by atoms with Crippen molar-refractivity contribution in [2.75, 3.05) is 50.5 Å². The Kier molecular flexibility index (Phi) is 7.69. The molecule has 0 bridgehead atoms. The van der Waals surface area contributed by atoms with Crippen molar-refractivity contribution in [1.82, 2.24) is 34.5 Å². The van der Waals surface area contributed by atoms with E-state index in [0.29, 0.717) is 29.1 Å². The lowest BCUT2D eigenvalue weighted by molar-refractivity contribution is -0.139. The first-order valence-electron chi connectivity index (χ1n) is 15.2. The lowest BCUT2D eigenvalue weighted by Crippen LogP contribution is -2.48. The number of rotatable bonds is 6. The molecule has 1 aromatic carbocycles. The fourth-order valence-electron chi connectivity index (χ4n) is 6.43. The number of hydrogen-bond acceptors (Lipinski definition) is 10. The fourth-order valence-corrected chi connectivity index (χ4v) is 7.59. The first kappa shape index (κ1) is 28.7. The van der Waals surface area contributed by atoms with Crippen molar-refractivity contribution in [3.05, 3.63) is 63.6 Å². The van der Waals surface area contributed by atoms with Crippen LogP contribution in [-0.2, 0) is 11.2 Å². The van der Waals surface area contributed by atoms with Crippen LogP contribution in [0.15, 0.2) is 42.7 Å². The van der Waals surface area contributed by atoms with E-state index >= 15 is 0 Å². The predicted octanol–water partition coefficient (Wildman–Crippen LogP) is 3.14. The van der Waals surface area contributed by atoms with E-state index < -0.39 is 6.10 Å². The summed E-state index contributed by atoms with van der Waals surface area (Å²) in [4.78, 5) is 47.8. The average Bonchev–Trinajstić information content (AvgIpc) is 3.69. The Morgan fingerprint density at radius 2 is 1.91 bits per heavy atom. The Labute approximate surface area is 259 Å². The molecule has 230 valence electrons. The summed E-state index contributed by atoms with van der Waals surface area (Å²) >= 11 is 1.50. The Morgan fingerprint density at radius 1 is 1.07 bits per heavy atom. The van der Waals surface area contributed by atoms with E-state index in [9.17, 15) is 14.7 Å². The summed E-state index contributed by atoms with van der Waals surface area (Å²) in [6.45, 7) is 2.92. The number of imidazole rings is 1. The smallest absolute Gasteiger partial charge is 0.261 e. The molecule has 0 saturated carbocycles. The maximum atomic E-state index is 13.2. The maximum Gasteiger partial charge on any atom is 0.261 e. The molecule has 2 amide bonds. The van der Waals surface area contributed by atoms with Gasteiger partial charge in [0.1, 0.15) is 6.04 Å². The van der Waals surface area contributed by atoms with Crippen molar-refractivity contribution in [1.29, 1.82) is 0 Å². The monoisotopic (exact) mass is 615 g/mol. The van der Waals surface area contributed by atoms with Gasteiger partial charge in [0.25, 0.3) is 5.91 Å². The number of anilines is 3. The van der Waals surface area contributed by atoms with Gasteiger partial charge >= 0.3 is 0 Å². The van der Waals surface area contributed by atoms with Gasteiger partial charge < -0.3 is 25.5 Å². The van der Waals surface area contributed by atoms with Gasteiger partial charge in [0.05, 0.1) is 11.0 Å².